The summed E-state index contributed by atoms with van der Waals surface area (Å²) in [6, 6.07) is 13.3. The number of hydrazine groups is 2. The van der Waals surface area contributed by atoms with E-state index in [1.807, 2.05) is 30.5 Å². The summed E-state index contributed by atoms with van der Waals surface area (Å²) in [7, 11) is 0. The Balaban J connectivity index is 1.67. The van der Waals surface area contributed by atoms with Crippen LogP contribution in [0.25, 0.3) is 0 Å². The molecular weight excluding hydrogens is 375 g/mol. The minimum Gasteiger partial charge on any atom is -0.406 e. The van der Waals surface area contributed by atoms with Crippen molar-refractivity contribution in [2.24, 2.45) is 0 Å². The molecule has 2 aromatic rings. The average molecular weight is 386 g/mol. The fraction of sp³-hybridized carbons (Fsp3) is 0.0667. The highest BCUT2D eigenvalue weighted by Gasteiger charge is 2.31. The molecule has 3 rings (SSSR count). The maximum atomic E-state index is 12.1. The normalized spacial score (nSPS) is 14.4. The van der Waals surface area contributed by atoms with E-state index in [-0.39, 0.29) is 5.75 Å². The lowest BCUT2D eigenvalue weighted by atomic mass is 10.3. The lowest BCUT2D eigenvalue weighted by Crippen LogP contribution is -2.39. The molecule has 0 aromatic heterocycles. The smallest absolute Gasteiger partial charge is 0.406 e. The number of nitrogens with zero attached hydrogens (tertiary/aromatic N) is 2. The molecule has 1 heterocycles. The van der Waals surface area contributed by atoms with Gasteiger partial charge in [0, 0.05) is 16.9 Å². The van der Waals surface area contributed by atoms with Crippen LogP contribution in [0.15, 0.2) is 65.4 Å². The van der Waals surface area contributed by atoms with Crippen molar-refractivity contribution in [2.45, 2.75) is 6.36 Å². The fourth-order valence-corrected chi connectivity index (χ4v) is 2.28. The number of benzene rings is 2. The first-order chi connectivity index (χ1) is 10.9. The van der Waals surface area contributed by atoms with Crippen LogP contribution in [0.3, 0.4) is 0 Å². The van der Waals surface area contributed by atoms with Gasteiger partial charge in [-0.05, 0) is 48.5 Å². The van der Waals surface area contributed by atoms with Crippen molar-refractivity contribution in [3.05, 3.63) is 65.4 Å². The molecule has 0 amide bonds. The summed E-state index contributed by atoms with van der Waals surface area (Å²) in [6.07, 6.45) is -1.11. The largest absolute Gasteiger partial charge is 0.573 e. The number of alkyl halides is 3. The standard InChI is InChI=1S/C15H11BrF3N3O/c16-11-1-3-12(4-2-11)21-9-10-22(20-21)13-5-7-14(8-6-13)23-15(17,18)19/h1-10,20H. The fourth-order valence-electron chi connectivity index (χ4n) is 2.01. The van der Waals surface area contributed by atoms with Gasteiger partial charge in [0.05, 0.1) is 11.4 Å². The lowest BCUT2D eigenvalue weighted by Gasteiger charge is -2.22. The molecule has 23 heavy (non-hydrogen) atoms. The van der Waals surface area contributed by atoms with Crippen molar-refractivity contribution in [2.75, 3.05) is 10.0 Å². The third-order valence-corrected chi connectivity index (χ3v) is 3.56. The van der Waals surface area contributed by atoms with Gasteiger partial charge >= 0.3 is 6.36 Å². The summed E-state index contributed by atoms with van der Waals surface area (Å²) < 4.78 is 41.3. The van der Waals surface area contributed by atoms with Crippen LogP contribution in [-0.2, 0) is 0 Å². The number of ether oxygens (including phenoxy) is 1. The molecule has 0 bridgehead atoms. The lowest BCUT2D eigenvalue weighted by molar-refractivity contribution is -0.274. The van der Waals surface area contributed by atoms with E-state index in [2.05, 4.69) is 26.2 Å². The zero-order valence-corrected chi connectivity index (χ0v) is 13.2. The van der Waals surface area contributed by atoms with Crippen LogP contribution in [0.1, 0.15) is 0 Å². The van der Waals surface area contributed by atoms with E-state index < -0.39 is 6.36 Å². The second-order valence-corrected chi connectivity index (χ2v) is 5.57. The van der Waals surface area contributed by atoms with E-state index in [0.717, 1.165) is 10.2 Å². The Bertz CT molecular complexity index is 701. The first-order valence-electron chi connectivity index (χ1n) is 6.55. The third kappa shape index (κ3) is 3.96. The van der Waals surface area contributed by atoms with Gasteiger partial charge in [-0.15, -0.1) is 18.7 Å². The van der Waals surface area contributed by atoms with Gasteiger partial charge < -0.3 is 4.74 Å². The highest BCUT2D eigenvalue weighted by molar-refractivity contribution is 9.10. The molecule has 0 fully saturated rings. The molecule has 0 atom stereocenters. The molecule has 0 spiro atoms. The molecule has 1 aliphatic rings. The predicted molar refractivity (Wildman–Crippen MR) is 84.5 cm³/mol. The Morgan fingerprint density at radius 3 is 1.78 bits per heavy atom. The summed E-state index contributed by atoms with van der Waals surface area (Å²) in [5.74, 6) is -0.255. The number of halogens is 4. The van der Waals surface area contributed by atoms with Crippen molar-refractivity contribution in [3.8, 4) is 5.75 Å². The van der Waals surface area contributed by atoms with Crippen LogP contribution in [0, 0.1) is 0 Å². The quantitative estimate of drug-likeness (QED) is 0.837. The van der Waals surface area contributed by atoms with E-state index in [4.69, 9.17) is 0 Å². The second kappa shape index (κ2) is 6.13. The highest BCUT2D eigenvalue weighted by atomic mass is 79.9. The van der Waals surface area contributed by atoms with Gasteiger partial charge in [0.1, 0.15) is 5.75 Å². The Morgan fingerprint density at radius 1 is 0.826 bits per heavy atom. The maximum Gasteiger partial charge on any atom is 0.573 e. The number of nitrogens with one attached hydrogen (secondary N) is 1. The first kappa shape index (κ1) is 15.7. The molecule has 2 aromatic carbocycles. The molecule has 8 heteroatoms. The van der Waals surface area contributed by atoms with Crippen LogP contribution in [0.2, 0.25) is 0 Å². The molecule has 0 unspecified atom stereocenters. The zero-order chi connectivity index (χ0) is 16.4. The summed E-state index contributed by atoms with van der Waals surface area (Å²) in [5, 5.41) is 3.46. The molecule has 0 saturated heterocycles. The van der Waals surface area contributed by atoms with Crippen LogP contribution in [0.5, 0.6) is 5.75 Å². The van der Waals surface area contributed by atoms with Gasteiger partial charge in [0.25, 0.3) is 0 Å². The van der Waals surface area contributed by atoms with E-state index >= 15 is 0 Å². The van der Waals surface area contributed by atoms with Gasteiger partial charge in [0.2, 0.25) is 0 Å². The topological polar surface area (TPSA) is 27.7 Å². The zero-order valence-electron chi connectivity index (χ0n) is 11.6. The molecule has 0 radical (unpaired) electrons. The monoisotopic (exact) mass is 385 g/mol. The molecule has 120 valence electrons. The van der Waals surface area contributed by atoms with Crippen molar-refractivity contribution < 1.29 is 17.9 Å². The molecule has 0 saturated carbocycles. The van der Waals surface area contributed by atoms with Gasteiger partial charge in [-0.3, -0.25) is 10.0 Å². The van der Waals surface area contributed by atoms with E-state index in [0.29, 0.717) is 5.69 Å². The van der Waals surface area contributed by atoms with E-state index in [1.54, 1.807) is 16.2 Å². The molecule has 0 aliphatic carbocycles. The van der Waals surface area contributed by atoms with Gasteiger partial charge in [0.15, 0.2) is 0 Å². The van der Waals surface area contributed by atoms with Gasteiger partial charge in [-0.2, -0.15) is 0 Å². The predicted octanol–water partition coefficient (Wildman–Crippen LogP) is 4.57. The number of rotatable bonds is 3. The molecule has 4 nitrogen and oxygen atoms in total. The van der Waals surface area contributed by atoms with Crippen molar-refractivity contribution in [1.29, 1.82) is 0 Å². The number of anilines is 2. The summed E-state index contributed by atoms with van der Waals surface area (Å²) in [4.78, 5) is 0. The third-order valence-electron chi connectivity index (χ3n) is 3.03. The van der Waals surface area contributed by atoms with Gasteiger partial charge in [-0.1, -0.05) is 15.9 Å². The summed E-state index contributed by atoms with van der Waals surface area (Å²) in [6.45, 7) is 0. The van der Waals surface area contributed by atoms with Crippen molar-refractivity contribution >= 4 is 27.3 Å². The SMILES string of the molecule is FC(F)(F)Oc1ccc(N2C=CN(c3ccc(Br)cc3)N2)cc1. The minimum absolute atomic E-state index is 0.255. The number of hydrogen-bond donors (Lipinski definition) is 1. The molecular formula is C15H11BrF3N3O. The van der Waals surface area contributed by atoms with Crippen molar-refractivity contribution in [1.82, 2.24) is 5.53 Å². The summed E-state index contributed by atoms with van der Waals surface area (Å²) in [5.41, 5.74) is 4.68. The Morgan fingerprint density at radius 2 is 1.30 bits per heavy atom. The Hall–Kier alpha value is -2.19. The van der Waals surface area contributed by atoms with Gasteiger partial charge in [-0.25, -0.2) is 0 Å². The number of hydrogen-bond acceptors (Lipinski definition) is 4. The maximum absolute atomic E-state index is 12.1. The first-order valence-corrected chi connectivity index (χ1v) is 7.34. The second-order valence-electron chi connectivity index (χ2n) is 4.66. The average Bonchev–Trinajstić information content (AvgIpc) is 2.97. The summed E-state index contributed by atoms with van der Waals surface area (Å²) >= 11 is 3.37. The van der Waals surface area contributed by atoms with Crippen LogP contribution >= 0.6 is 15.9 Å². The van der Waals surface area contributed by atoms with Crippen LogP contribution in [0.4, 0.5) is 24.5 Å². The Labute approximate surface area is 138 Å². The minimum atomic E-state index is -4.69. The molecule has 1 aliphatic heterocycles. The van der Waals surface area contributed by atoms with Crippen LogP contribution < -0.4 is 20.3 Å². The van der Waals surface area contributed by atoms with E-state index in [1.165, 1.54) is 24.3 Å². The highest BCUT2D eigenvalue weighted by Crippen LogP contribution is 2.27. The Kier molecular flexibility index (Phi) is 4.18. The van der Waals surface area contributed by atoms with Crippen molar-refractivity contribution in [3.63, 3.8) is 0 Å². The van der Waals surface area contributed by atoms with E-state index in [9.17, 15) is 13.2 Å². The molecule has 1 N–H and O–H groups in total. The van der Waals surface area contributed by atoms with Crippen LogP contribution in [-0.4, -0.2) is 6.36 Å².